The molecule has 0 radical (unpaired) electrons. The number of aryl methyl sites for hydroxylation is 1. The van der Waals surface area contributed by atoms with Gasteiger partial charge in [0.1, 0.15) is 11.6 Å². The monoisotopic (exact) mass is 436 g/mol. The summed E-state index contributed by atoms with van der Waals surface area (Å²) in [4.78, 5) is 17.5. The average molecular weight is 437 g/mol. The van der Waals surface area contributed by atoms with Crippen LogP contribution in [-0.4, -0.2) is 51.7 Å². The number of amides is 1. The van der Waals surface area contributed by atoms with Crippen LogP contribution in [-0.2, 0) is 11.3 Å². The Balaban J connectivity index is 1.56. The zero-order valence-electron chi connectivity index (χ0n) is 18.8. The van der Waals surface area contributed by atoms with E-state index in [9.17, 15) is 9.18 Å². The highest BCUT2D eigenvalue weighted by atomic mass is 19.1. The molecule has 1 fully saturated rings. The van der Waals surface area contributed by atoms with Gasteiger partial charge in [-0.1, -0.05) is 0 Å². The fourth-order valence-corrected chi connectivity index (χ4v) is 4.24. The molecule has 0 spiro atoms. The first-order chi connectivity index (χ1) is 15.4. The third kappa shape index (κ3) is 4.83. The van der Waals surface area contributed by atoms with Crippen molar-refractivity contribution in [2.75, 3.05) is 20.1 Å². The first-order valence-electron chi connectivity index (χ1n) is 10.9. The zero-order valence-corrected chi connectivity index (χ0v) is 18.8. The SMILES string of the molecule is Cc1nn(-c2ccc(F)cc2)c(C)c1/C=C/C(=O)N(Cc1ccco1)C1CCN(C)CC1. The number of hydrogen-bond donors (Lipinski definition) is 0. The lowest BCUT2D eigenvalue weighted by Crippen LogP contribution is -2.45. The van der Waals surface area contributed by atoms with Crippen molar-refractivity contribution in [2.45, 2.75) is 39.3 Å². The summed E-state index contributed by atoms with van der Waals surface area (Å²) in [6, 6.07) is 10.1. The highest BCUT2D eigenvalue weighted by molar-refractivity contribution is 5.92. The van der Waals surface area contributed by atoms with Crippen molar-refractivity contribution in [3.8, 4) is 5.69 Å². The van der Waals surface area contributed by atoms with Gasteiger partial charge < -0.3 is 14.2 Å². The molecule has 7 heteroatoms. The van der Waals surface area contributed by atoms with Crippen molar-refractivity contribution in [2.24, 2.45) is 0 Å². The molecule has 0 unspecified atom stereocenters. The predicted molar refractivity (Wildman–Crippen MR) is 122 cm³/mol. The van der Waals surface area contributed by atoms with E-state index in [2.05, 4.69) is 17.0 Å². The van der Waals surface area contributed by atoms with E-state index in [-0.39, 0.29) is 17.8 Å². The van der Waals surface area contributed by atoms with Gasteiger partial charge >= 0.3 is 0 Å². The van der Waals surface area contributed by atoms with E-state index >= 15 is 0 Å². The minimum absolute atomic E-state index is 0.0377. The second-order valence-electron chi connectivity index (χ2n) is 8.39. The van der Waals surface area contributed by atoms with Crippen molar-refractivity contribution < 1.29 is 13.6 Å². The zero-order chi connectivity index (χ0) is 22.7. The predicted octanol–water partition coefficient (Wildman–Crippen LogP) is 4.36. The molecule has 1 saturated heterocycles. The van der Waals surface area contributed by atoms with E-state index in [4.69, 9.17) is 4.42 Å². The van der Waals surface area contributed by atoms with Crippen LogP contribution in [0.2, 0.25) is 0 Å². The first kappa shape index (κ1) is 22.0. The molecule has 0 bridgehead atoms. The molecule has 0 atom stereocenters. The Kier molecular flexibility index (Phi) is 6.55. The highest BCUT2D eigenvalue weighted by Crippen LogP contribution is 2.22. The summed E-state index contributed by atoms with van der Waals surface area (Å²) in [7, 11) is 2.11. The van der Waals surface area contributed by atoms with E-state index in [1.165, 1.54) is 12.1 Å². The molecule has 2 aromatic heterocycles. The molecule has 3 aromatic rings. The lowest BCUT2D eigenvalue weighted by molar-refractivity contribution is -0.130. The maximum absolute atomic E-state index is 13.3. The van der Waals surface area contributed by atoms with Gasteiger partial charge in [-0.05, 0) is 89.3 Å². The lowest BCUT2D eigenvalue weighted by Gasteiger charge is -2.36. The van der Waals surface area contributed by atoms with Gasteiger partial charge in [0.25, 0.3) is 0 Å². The number of benzene rings is 1. The molecule has 0 saturated carbocycles. The number of hydrogen-bond acceptors (Lipinski definition) is 4. The van der Waals surface area contributed by atoms with Crippen LogP contribution in [0.3, 0.4) is 0 Å². The highest BCUT2D eigenvalue weighted by Gasteiger charge is 2.26. The fraction of sp³-hybridized carbons (Fsp3) is 0.360. The standard InChI is InChI=1S/C25H29FN4O2/c1-18-24(19(2)30(27-18)22-8-6-20(26)7-9-22)10-11-25(31)29(17-23-5-4-16-32-23)21-12-14-28(3)15-13-21/h4-11,16,21H,12-15,17H2,1-3H3/b11-10+. The Morgan fingerprint density at radius 3 is 2.59 bits per heavy atom. The second kappa shape index (κ2) is 9.53. The minimum Gasteiger partial charge on any atom is -0.467 e. The maximum atomic E-state index is 13.3. The summed E-state index contributed by atoms with van der Waals surface area (Å²) in [5.74, 6) is 0.456. The molecule has 168 valence electrons. The summed E-state index contributed by atoms with van der Waals surface area (Å²) in [6.45, 7) is 6.26. The lowest BCUT2D eigenvalue weighted by atomic mass is 10.0. The Labute approximate surface area is 187 Å². The number of furan rings is 1. The fourth-order valence-electron chi connectivity index (χ4n) is 4.24. The van der Waals surface area contributed by atoms with Crippen molar-refractivity contribution in [3.05, 3.63) is 77.3 Å². The maximum Gasteiger partial charge on any atom is 0.247 e. The molecule has 3 heterocycles. The Hall–Kier alpha value is -3.19. The summed E-state index contributed by atoms with van der Waals surface area (Å²) >= 11 is 0. The number of piperidine rings is 1. The first-order valence-corrected chi connectivity index (χ1v) is 10.9. The Morgan fingerprint density at radius 2 is 1.94 bits per heavy atom. The number of aromatic nitrogens is 2. The normalized spacial score (nSPS) is 15.5. The number of rotatable bonds is 6. The number of carbonyl (C=O) groups is 1. The number of likely N-dealkylation sites (tertiary alicyclic amines) is 1. The average Bonchev–Trinajstić information content (AvgIpc) is 3.40. The van der Waals surface area contributed by atoms with Crippen LogP contribution in [0.15, 0.2) is 53.2 Å². The van der Waals surface area contributed by atoms with Gasteiger partial charge in [-0.3, -0.25) is 4.79 Å². The topological polar surface area (TPSA) is 54.5 Å². The van der Waals surface area contributed by atoms with Crippen LogP contribution in [0.25, 0.3) is 11.8 Å². The van der Waals surface area contributed by atoms with Gasteiger partial charge in [-0.2, -0.15) is 5.10 Å². The van der Waals surface area contributed by atoms with E-state index in [0.29, 0.717) is 6.54 Å². The van der Waals surface area contributed by atoms with E-state index in [1.807, 2.05) is 37.0 Å². The Morgan fingerprint density at radius 1 is 1.22 bits per heavy atom. The summed E-state index contributed by atoms with van der Waals surface area (Å²) in [6.07, 6.45) is 6.99. The summed E-state index contributed by atoms with van der Waals surface area (Å²) < 4.78 is 20.6. The smallest absolute Gasteiger partial charge is 0.247 e. The number of nitrogens with zero attached hydrogens (tertiary/aromatic N) is 4. The molecule has 0 N–H and O–H groups in total. The number of halogens is 1. The molecule has 1 aromatic carbocycles. The molecule has 1 aliphatic rings. The van der Waals surface area contributed by atoms with Gasteiger partial charge in [0, 0.05) is 23.4 Å². The molecular formula is C25H29FN4O2. The summed E-state index contributed by atoms with van der Waals surface area (Å²) in [5, 5.41) is 4.59. The Bertz CT molecular complexity index is 1080. The van der Waals surface area contributed by atoms with Crippen LogP contribution < -0.4 is 0 Å². The van der Waals surface area contributed by atoms with Gasteiger partial charge in [-0.25, -0.2) is 9.07 Å². The second-order valence-corrected chi connectivity index (χ2v) is 8.39. The molecule has 6 nitrogen and oxygen atoms in total. The van der Waals surface area contributed by atoms with Crippen LogP contribution in [0, 0.1) is 19.7 Å². The van der Waals surface area contributed by atoms with Gasteiger partial charge in [0.05, 0.1) is 24.2 Å². The van der Waals surface area contributed by atoms with E-state index in [0.717, 1.165) is 54.3 Å². The van der Waals surface area contributed by atoms with Crippen molar-refractivity contribution in [1.29, 1.82) is 0 Å². The number of carbonyl (C=O) groups excluding carboxylic acids is 1. The molecule has 0 aliphatic carbocycles. The van der Waals surface area contributed by atoms with Crippen molar-refractivity contribution in [3.63, 3.8) is 0 Å². The third-order valence-corrected chi connectivity index (χ3v) is 6.13. The minimum atomic E-state index is -0.286. The van der Waals surface area contributed by atoms with Crippen LogP contribution >= 0.6 is 0 Å². The van der Waals surface area contributed by atoms with Crippen LogP contribution in [0.1, 0.15) is 35.6 Å². The molecule has 4 rings (SSSR count). The quantitative estimate of drug-likeness (QED) is 0.539. The van der Waals surface area contributed by atoms with Gasteiger partial charge in [0.15, 0.2) is 0 Å². The molecule has 32 heavy (non-hydrogen) atoms. The molecule has 1 aliphatic heterocycles. The van der Waals surface area contributed by atoms with E-state index in [1.54, 1.807) is 29.2 Å². The van der Waals surface area contributed by atoms with Crippen LogP contribution in [0.5, 0.6) is 0 Å². The van der Waals surface area contributed by atoms with Crippen molar-refractivity contribution >= 4 is 12.0 Å². The molecular weight excluding hydrogens is 407 g/mol. The van der Waals surface area contributed by atoms with E-state index < -0.39 is 0 Å². The third-order valence-electron chi connectivity index (χ3n) is 6.13. The van der Waals surface area contributed by atoms with Gasteiger partial charge in [-0.15, -0.1) is 0 Å². The summed E-state index contributed by atoms with van der Waals surface area (Å²) in [5.41, 5.74) is 3.38. The van der Waals surface area contributed by atoms with Crippen molar-refractivity contribution in [1.82, 2.24) is 19.6 Å². The molecule has 1 amide bonds. The largest absolute Gasteiger partial charge is 0.467 e. The van der Waals surface area contributed by atoms with Crippen LogP contribution in [0.4, 0.5) is 4.39 Å². The van der Waals surface area contributed by atoms with Gasteiger partial charge in [0.2, 0.25) is 5.91 Å².